The minimum Gasteiger partial charge on any atom is -0.316 e. The van der Waals surface area contributed by atoms with Crippen LogP contribution in [0.15, 0.2) is 24.3 Å². The molecule has 1 aliphatic carbocycles. The molecule has 0 saturated carbocycles. The van der Waals surface area contributed by atoms with Crippen LogP contribution in [0.2, 0.25) is 0 Å². The zero-order valence-corrected chi connectivity index (χ0v) is 15.3. The average Bonchev–Trinajstić information content (AvgIpc) is 2.97. The van der Waals surface area contributed by atoms with E-state index in [1.165, 1.54) is 28.3 Å². The Hall–Kier alpha value is -2.72. The predicted octanol–water partition coefficient (Wildman–Crippen LogP) is 4.22. The van der Waals surface area contributed by atoms with Crippen LogP contribution in [0.25, 0.3) is 0 Å². The Kier molecular flexibility index (Phi) is 5.33. The van der Waals surface area contributed by atoms with Gasteiger partial charge in [0.1, 0.15) is 11.1 Å². The highest BCUT2D eigenvalue weighted by molar-refractivity contribution is 7.16. The maximum absolute atomic E-state index is 12.4. The normalized spacial score (nSPS) is 15.8. The van der Waals surface area contributed by atoms with Gasteiger partial charge >= 0.3 is 0 Å². The van der Waals surface area contributed by atoms with Gasteiger partial charge in [0, 0.05) is 17.0 Å². The maximum Gasteiger partial charge on any atom is 0.269 e. The van der Waals surface area contributed by atoms with Crippen LogP contribution in [-0.2, 0) is 24.1 Å². The monoisotopic (exact) mass is 369 g/mol. The zero-order valence-electron chi connectivity index (χ0n) is 14.4. The number of fused-ring (bicyclic) bond motifs is 1. The molecule has 0 bridgehead atoms. The van der Waals surface area contributed by atoms with Crippen molar-refractivity contribution in [3.8, 4) is 6.07 Å². The number of amides is 1. The molecule has 134 valence electrons. The molecule has 7 heteroatoms. The van der Waals surface area contributed by atoms with Gasteiger partial charge in [0.15, 0.2) is 0 Å². The third kappa shape index (κ3) is 3.75. The van der Waals surface area contributed by atoms with Crippen LogP contribution in [-0.4, -0.2) is 10.8 Å². The number of anilines is 1. The molecule has 1 aromatic carbocycles. The first-order chi connectivity index (χ1) is 12.5. The van der Waals surface area contributed by atoms with Crippen LogP contribution in [0.1, 0.15) is 41.3 Å². The first kappa shape index (κ1) is 18.1. The molecular formula is C19H19N3O3S. The van der Waals surface area contributed by atoms with Crippen LogP contribution >= 0.6 is 11.3 Å². The number of non-ortho nitro benzene ring substituents is 1. The van der Waals surface area contributed by atoms with Gasteiger partial charge in [-0.05, 0) is 36.3 Å². The molecule has 0 radical (unpaired) electrons. The lowest BCUT2D eigenvalue weighted by Gasteiger charge is -2.20. The summed E-state index contributed by atoms with van der Waals surface area (Å²) >= 11 is 1.51. The summed E-state index contributed by atoms with van der Waals surface area (Å²) in [5.74, 6) is 0.428. The molecule has 0 unspecified atom stereocenters. The fourth-order valence-electron chi connectivity index (χ4n) is 3.30. The smallest absolute Gasteiger partial charge is 0.269 e. The molecule has 1 heterocycles. The van der Waals surface area contributed by atoms with Crippen molar-refractivity contribution in [3.63, 3.8) is 0 Å². The van der Waals surface area contributed by atoms with Crippen molar-refractivity contribution in [1.29, 1.82) is 5.26 Å². The topological polar surface area (TPSA) is 96.0 Å². The number of benzene rings is 1. The Morgan fingerprint density at radius 2 is 2.15 bits per heavy atom. The number of nitrogens with zero attached hydrogens (tertiary/aromatic N) is 2. The standard InChI is InChI=1S/C19H19N3O3S/c1-2-12-5-8-15-16(11-20)19(26-17(15)9-12)21-18(23)10-13-3-6-14(7-4-13)22(24)25/h3-4,6-7,12H,2,5,8-10H2,1H3,(H,21,23)/t12-/m1/s1. The van der Waals surface area contributed by atoms with Crippen molar-refractivity contribution in [2.45, 2.75) is 39.0 Å². The average molecular weight is 369 g/mol. The Morgan fingerprint density at radius 1 is 1.42 bits per heavy atom. The van der Waals surface area contributed by atoms with Crippen LogP contribution in [0, 0.1) is 27.4 Å². The van der Waals surface area contributed by atoms with Crippen LogP contribution < -0.4 is 5.32 Å². The number of carbonyl (C=O) groups excluding carboxylic acids is 1. The first-order valence-electron chi connectivity index (χ1n) is 8.59. The summed E-state index contributed by atoms with van der Waals surface area (Å²) in [6.07, 6.45) is 4.20. The van der Waals surface area contributed by atoms with Crippen LogP contribution in [0.3, 0.4) is 0 Å². The molecule has 3 rings (SSSR count). The van der Waals surface area contributed by atoms with E-state index in [9.17, 15) is 20.2 Å². The van der Waals surface area contributed by atoms with E-state index >= 15 is 0 Å². The third-order valence-corrected chi connectivity index (χ3v) is 5.99. The lowest BCUT2D eigenvalue weighted by molar-refractivity contribution is -0.384. The second-order valence-electron chi connectivity index (χ2n) is 6.49. The summed E-state index contributed by atoms with van der Waals surface area (Å²) in [7, 11) is 0. The predicted molar refractivity (Wildman–Crippen MR) is 100 cm³/mol. The minimum atomic E-state index is -0.469. The second-order valence-corrected chi connectivity index (χ2v) is 7.59. The summed E-state index contributed by atoms with van der Waals surface area (Å²) in [5, 5.41) is 23.7. The number of nitriles is 1. The number of hydrogen-bond acceptors (Lipinski definition) is 5. The second kappa shape index (κ2) is 7.67. The molecule has 1 amide bonds. The Morgan fingerprint density at radius 3 is 2.77 bits per heavy atom. The van der Waals surface area contributed by atoms with Gasteiger partial charge in [-0.3, -0.25) is 14.9 Å². The first-order valence-corrected chi connectivity index (χ1v) is 9.41. The maximum atomic E-state index is 12.4. The molecule has 26 heavy (non-hydrogen) atoms. The van der Waals surface area contributed by atoms with Crippen molar-refractivity contribution in [3.05, 3.63) is 55.9 Å². The largest absolute Gasteiger partial charge is 0.316 e. The van der Waals surface area contributed by atoms with Crippen molar-refractivity contribution in [1.82, 2.24) is 0 Å². The van der Waals surface area contributed by atoms with Gasteiger partial charge in [0.05, 0.1) is 16.9 Å². The van der Waals surface area contributed by atoms with Gasteiger partial charge in [-0.2, -0.15) is 5.26 Å². The molecule has 1 N–H and O–H groups in total. The van der Waals surface area contributed by atoms with Crippen LogP contribution in [0.5, 0.6) is 0 Å². The van der Waals surface area contributed by atoms with E-state index in [0.29, 0.717) is 22.0 Å². The Labute approximate surface area is 155 Å². The molecule has 1 aliphatic rings. The van der Waals surface area contributed by atoms with Gasteiger partial charge in [0.25, 0.3) is 5.69 Å². The quantitative estimate of drug-likeness (QED) is 0.630. The number of nitro groups is 1. The van der Waals surface area contributed by atoms with Gasteiger partial charge in [-0.1, -0.05) is 25.5 Å². The fraction of sp³-hybridized carbons (Fsp3) is 0.368. The molecular weight excluding hydrogens is 350 g/mol. The fourth-order valence-corrected chi connectivity index (χ4v) is 4.63. The lowest BCUT2D eigenvalue weighted by atomic mass is 9.86. The van der Waals surface area contributed by atoms with Gasteiger partial charge in [0.2, 0.25) is 5.91 Å². The Balaban J connectivity index is 1.72. The number of hydrogen-bond donors (Lipinski definition) is 1. The van der Waals surface area contributed by atoms with Crippen molar-refractivity contribution >= 4 is 27.9 Å². The molecule has 1 aromatic heterocycles. The van der Waals surface area contributed by atoms with E-state index in [-0.39, 0.29) is 18.0 Å². The highest BCUT2D eigenvalue weighted by Gasteiger charge is 2.25. The SMILES string of the molecule is CC[C@@H]1CCc2c(sc(NC(=O)Cc3ccc([N+](=O)[O-])cc3)c2C#N)C1. The number of carbonyl (C=O) groups is 1. The van der Waals surface area contributed by atoms with Gasteiger partial charge in [-0.25, -0.2) is 0 Å². The van der Waals surface area contributed by atoms with E-state index in [0.717, 1.165) is 31.2 Å². The summed E-state index contributed by atoms with van der Waals surface area (Å²) < 4.78 is 0. The van der Waals surface area contributed by atoms with E-state index in [1.807, 2.05) is 0 Å². The van der Waals surface area contributed by atoms with Gasteiger partial charge < -0.3 is 5.32 Å². The van der Waals surface area contributed by atoms with E-state index < -0.39 is 4.92 Å². The number of nitrogens with one attached hydrogen (secondary N) is 1. The summed E-state index contributed by atoms with van der Waals surface area (Å²) in [6, 6.07) is 8.18. The molecule has 2 aromatic rings. The summed E-state index contributed by atoms with van der Waals surface area (Å²) in [6.45, 7) is 2.18. The highest BCUT2D eigenvalue weighted by Crippen LogP contribution is 2.40. The number of thiophene rings is 1. The minimum absolute atomic E-state index is 0.00247. The molecule has 1 atom stereocenters. The number of nitro benzene ring substituents is 1. The molecule has 0 saturated heterocycles. The molecule has 0 spiro atoms. The van der Waals surface area contributed by atoms with Gasteiger partial charge in [-0.15, -0.1) is 11.3 Å². The molecule has 0 fully saturated rings. The van der Waals surface area contributed by atoms with E-state index in [4.69, 9.17) is 0 Å². The molecule has 0 aliphatic heterocycles. The van der Waals surface area contributed by atoms with Crippen molar-refractivity contribution in [2.75, 3.05) is 5.32 Å². The van der Waals surface area contributed by atoms with Crippen molar-refractivity contribution in [2.24, 2.45) is 5.92 Å². The zero-order chi connectivity index (χ0) is 18.7. The van der Waals surface area contributed by atoms with E-state index in [1.54, 1.807) is 12.1 Å². The molecule has 6 nitrogen and oxygen atoms in total. The number of rotatable bonds is 5. The van der Waals surface area contributed by atoms with E-state index in [2.05, 4.69) is 18.3 Å². The van der Waals surface area contributed by atoms with Crippen molar-refractivity contribution < 1.29 is 9.72 Å². The Bertz CT molecular complexity index is 881. The summed E-state index contributed by atoms with van der Waals surface area (Å²) in [5.41, 5.74) is 2.38. The summed E-state index contributed by atoms with van der Waals surface area (Å²) in [4.78, 5) is 23.8. The van der Waals surface area contributed by atoms with Crippen LogP contribution in [0.4, 0.5) is 10.7 Å². The third-order valence-electron chi connectivity index (χ3n) is 4.82. The highest BCUT2D eigenvalue weighted by atomic mass is 32.1. The lowest BCUT2D eigenvalue weighted by Crippen LogP contribution is -2.14.